The number of aromatic nitrogens is 1. The lowest BCUT2D eigenvalue weighted by atomic mass is 10.00. The molecule has 0 fully saturated rings. The molecule has 0 saturated carbocycles. The van der Waals surface area contributed by atoms with Crippen molar-refractivity contribution in [3.63, 3.8) is 0 Å². The zero-order valence-corrected chi connectivity index (χ0v) is 14.8. The van der Waals surface area contributed by atoms with Crippen LogP contribution in [0.3, 0.4) is 0 Å². The number of anilines is 1. The number of pyridine rings is 1. The van der Waals surface area contributed by atoms with Gasteiger partial charge in [0.05, 0.1) is 5.69 Å². The molecule has 0 aliphatic rings. The zero-order valence-electron chi connectivity index (χ0n) is 14.8. The minimum Gasteiger partial charge on any atom is -0.461 e. The first-order valence-corrected chi connectivity index (χ1v) is 8.59. The van der Waals surface area contributed by atoms with Gasteiger partial charge in [0, 0.05) is 11.1 Å². The third kappa shape index (κ3) is 3.19. The third-order valence-corrected chi connectivity index (χ3v) is 4.45. The molecule has 0 unspecified atom stereocenters. The number of nitriles is 1. The molecule has 130 valence electrons. The summed E-state index contributed by atoms with van der Waals surface area (Å²) >= 11 is 0. The van der Waals surface area contributed by atoms with E-state index in [-0.39, 0.29) is 5.82 Å². The number of benzene rings is 2. The van der Waals surface area contributed by atoms with E-state index < -0.39 is 0 Å². The fourth-order valence-electron chi connectivity index (χ4n) is 3.07. The Morgan fingerprint density at radius 1 is 0.889 bits per heavy atom. The summed E-state index contributed by atoms with van der Waals surface area (Å²) < 4.78 is 5.70. The Morgan fingerprint density at radius 2 is 1.56 bits per heavy atom. The van der Waals surface area contributed by atoms with Gasteiger partial charge >= 0.3 is 0 Å². The molecule has 0 aliphatic heterocycles. The third-order valence-electron chi connectivity index (χ3n) is 4.45. The molecule has 2 heterocycles. The summed E-state index contributed by atoms with van der Waals surface area (Å²) in [5.74, 6) is 1.59. The van der Waals surface area contributed by atoms with Gasteiger partial charge in [-0.15, -0.1) is 0 Å². The quantitative estimate of drug-likeness (QED) is 0.533. The summed E-state index contributed by atoms with van der Waals surface area (Å²) in [5.41, 5.74) is 11.0. The van der Waals surface area contributed by atoms with Crippen LogP contribution in [0, 0.1) is 18.3 Å². The van der Waals surface area contributed by atoms with Crippen molar-refractivity contribution in [1.82, 2.24) is 4.98 Å². The molecular formula is C23H17N3O. The van der Waals surface area contributed by atoms with E-state index in [1.807, 2.05) is 55.5 Å². The number of nitrogen functional groups attached to an aromatic ring is 1. The maximum absolute atomic E-state index is 9.48. The minimum atomic E-state index is 0.200. The van der Waals surface area contributed by atoms with Crippen molar-refractivity contribution in [2.24, 2.45) is 0 Å². The van der Waals surface area contributed by atoms with Crippen LogP contribution in [0.4, 0.5) is 5.82 Å². The second kappa shape index (κ2) is 6.81. The summed E-state index contributed by atoms with van der Waals surface area (Å²) in [6.45, 7) is 1.86. The van der Waals surface area contributed by atoms with Gasteiger partial charge in [-0.25, -0.2) is 4.98 Å². The molecule has 4 aromatic rings. The number of furan rings is 1. The van der Waals surface area contributed by atoms with Crippen molar-refractivity contribution in [3.05, 3.63) is 84.1 Å². The Morgan fingerprint density at radius 3 is 2.19 bits per heavy atom. The first-order chi connectivity index (χ1) is 13.2. The summed E-state index contributed by atoms with van der Waals surface area (Å²) in [7, 11) is 0. The number of hydrogen-bond donors (Lipinski definition) is 1. The SMILES string of the molecule is Cc1ccc(-c2cc(-c3ccc(-c4ccccc4)cc3)nc(N)c2C#N)o1. The molecule has 0 aliphatic carbocycles. The van der Waals surface area contributed by atoms with E-state index in [2.05, 4.69) is 35.3 Å². The van der Waals surface area contributed by atoms with Crippen LogP contribution < -0.4 is 5.73 Å². The first kappa shape index (κ1) is 16.6. The first-order valence-electron chi connectivity index (χ1n) is 8.59. The van der Waals surface area contributed by atoms with Crippen molar-refractivity contribution >= 4 is 5.82 Å². The Balaban J connectivity index is 1.78. The second-order valence-corrected chi connectivity index (χ2v) is 6.28. The molecule has 4 rings (SSSR count). The van der Waals surface area contributed by atoms with E-state index in [0.717, 1.165) is 22.5 Å². The number of nitrogens with two attached hydrogens (primary N) is 1. The van der Waals surface area contributed by atoms with Crippen molar-refractivity contribution < 1.29 is 4.42 Å². The molecule has 2 aromatic carbocycles. The van der Waals surface area contributed by atoms with E-state index in [4.69, 9.17) is 10.2 Å². The van der Waals surface area contributed by atoms with Crippen LogP contribution in [0.15, 0.2) is 77.2 Å². The van der Waals surface area contributed by atoms with Gasteiger partial charge in [0.2, 0.25) is 0 Å². The number of aryl methyl sites for hydroxylation is 1. The smallest absolute Gasteiger partial charge is 0.142 e. The van der Waals surface area contributed by atoms with Gasteiger partial charge in [0.15, 0.2) is 0 Å². The second-order valence-electron chi connectivity index (χ2n) is 6.28. The molecule has 4 nitrogen and oxygen atoms in total. The van der Waals surface area contributed by atoms with Crippen LogP contribution in [0.5, 0.6) is 0 Å². The highest BCUT2D eigenvalue weighted by Crippen LogP contribution is 2.32. The van der Waals surface area contributed by atoms with Crippen LogP contribution >= 0.6 is 0 Å². The summed E-state index contributed by atoms with van der Waals surface area (Å²) in [4.78, 5) is 4.42. The average Bonchev–Trinajstić information content (AvgIpc) is 3.14. The summed E-state index contributed by atoms with van der Waals surface area (Å²) in [6, 6.07) is 26.0. The van der Waals surface area contributed by atoms with E-state index in [1.165, 1.54) is 0 Å². The van der Waals surface area contributed by atoms with Crippen LogP contribution in [0.2, 0.25) is 0 Å². The van der Waals surface area contributed by atoms with E-state index >= 15 is 0 Å². The molecule has 0 spiro atoms. The number of nitrogens with zero attached hydrogens (tertiary/aromatic N) is 2. The molecule has 0 atom stereocenters. The average molecular weight is 351 g/mol. The fraction of sp³-hybridized carbons (Fsp3) is 0.0435. The van der Waals surface area contributed by atoms with Gasteiger partial charge in [0.1, 0.15) is 29.0 Å². The van der Waals surface area contributed by atoms with E-state index in [9.17, 15) is 5.26 Å². The van der Waals surface area contributed by atoms with Crippen LogP contribution in [-0.4, -0.2) is 4.98 Å². The van der Waals surface area contributed by atoms with Crippen LogP contribution in [-0.2, 0) is 0 Å². The largest absolute Gasteiger partial charge is 0.461 e. The monoisotopic (exact) mass is 351 g/mol. The summed E-state index contributed by atoms with van der Waals surface area (Å²) in [6.07, 6.45) is 0. The summed E-state index contributed by atoms with van der Waals surface area (Å²) in [5, 5.41) is 9.48. The molecule has 0 saturated heterocycles. The van der Waals surface area contributed by atoms with Crippen LogP contribution in [0.1, 0.15) is 11.3 Å². The predicted molar refractivity (Wildman–Crippen MR) is 107 cm³/mol. The van der Waals surface area contributed by atoms with Crippen molar-refractivity contribution in [2.75, 3.05) is 5.73 Å². The van der Waals surface area contributed by atoms with E-state index in [0.29, 0.717) is 22.6 Å². The minimum absolute atomic E-state index is 0.200. The van der Waals surface area contributed by atoms with Gasteiger partial charge in [0.25, 0.3) is 0 Å². The van der Waals surface area contributed by atoms with Crippen molar-refractivity contribution in [1.29, 1.82) is 5.26 Å². The zero-order chi connectivity index (χ0) is 18.8. The van der Waals surface area contributed by atoms with Gasteiger partial charge < -0.3 is 10.2 Å². The molecular weight excluding hydrogens is 334 g/mol. The Bertz CT molecular complexity index is 1140. The molecule has 2 N–H and O–H groups in total. The van der Waals surface area contributed by atoms with Gasteiger partial charge in [-0.05, 0) is 36.2 Å². The lowest BCUT2D eigenvalue weighted by Crippen LogP contribution is -1.99. The lowest BCUT2D eigenvalue weighted by Gasteiger charge is -2.09. The number of hydrogen-bond acceptors (Lipinski definition) is 4. The number of rotatable bonds is 3. The van der Waals surface area contributed by atoms with Gasteiger partial charge in [-0.3, -0.25) is 0 Å². The Labute approximate surface area is 157 Å². The standard InChI is InChI=1S/C23H17N3O/c1-15-7-12-22(27-15)19-13-21(26-23(25)20(19)14-24)18-10-8-17(9-11-18)16-5-3-2-4-6-16/h2-13H,1H3,(H2,25,26). The van der Waals surface area contributed by atoms with Gasteiger partial charge in [-0.2, -0.15) is 5.26 Å². The molecule has 2 aromatic heterocycles. The highest BCUT2D eigenvalue weighted by atomic mass is 16.3. The normalized spacial score (nSPS) is 10.5. The maximum atomic E-state index is 9.48. The molecule has 0 radical (unpaired) electrons. The Hall–Kier alpha value is -3.84. The highest BCUT2D eigenvalue weighted by Gasteiger charge is 2.15. The molecule has 4 heteroatoms. The Kier molecular flexibility index (Phi) is 4.19. The lowest BCUT2D eigenvalue weighted by molar-refractivity contribution is 0.548. The topological polar surface area (TPSA) is 75.8 Å². The van der Waals surface area contributed by atoms with E-state index in [1.54, 1.807) is 0 Å². The highest BCUT2D eigenvalue weighted by molar-refractivity contribution is 5.78. The maximum Gasteiger partial charge on any atom is 0.142 e. The van der Waals surface area contributed by atoms with Gasteiger partial charge in [-0.1, -0.05) is 54.6 Å². The van der Waals surface area contributed by atoms with Crippen molar-refractivity contribution in [3.8, 4) is 39.8 Å². The predicted octanol–water partition coefficient (Wildman–Crippen LogP) is 5.44. The fourth-order valence-corrected chi connectivity index (χ4v) is 3.07. The van der Waals surface area contributed by atoms with Crippen molar-refractivity contribution in [2.45, 2.75) is 6.92 Å². The molecule has 0 amide bonds. The molecule has 27 heavy (non-hydrogen) atoms. The van der Waals surface area contributed by atoms with Crippen LogP contribution in [0.25, 0.3) is 33.7 Å². The molecule has 0 bridgehead atoms.